The van der Waals surface area contributed by atoms with Crippen LogP contribution in [0.1, 0.15) is 64.2 Å². The quantitative estimate of drug-likeness (QED) is 0.0876. The number of ether oxygens (including phenoxy) is 1. The molecule has 0 aliphatic heterocycles. The smallest absolute Gasteiger partial charge is 0.207 e. The maximum Gasteiger partial charge on any atom is 0.207 e. The standard InChI is InChI=1S/C13H16N2O.C9H12.C4H9NO.C4H8/c1-4-7-16-10(3)13(15)11-8-9(2)5-6-12(11)14;1-2-6-9-7-4-3-5-8-9;1-2-3-5-4-6;1-3-4-2/h4-8,15H,3,14H2,1-2H3;3-5,7-8H,2,6H2,1H3;4H,2-3H2,1H3,(H,5,6);3-4H,1-2H3/b7-4+,15-13?;;;4-3-. The van der Waals surface area contributed by atoms with Crippen molar-refractivity contribution in [3.05, 3.63) is 102 Å². The Bertz CT molecular complexity index is 884. The summed E-state index contributed by atoms with van der Waals surface area (Å²) in [4.78, 5) is 9.45. The number of nitrogen functional groups attached to an aromatic ring is 1. The van der Waals surface area contributed by atoms with Crippen molar-refractivity contribution in [2.24, 2.45) is 0 Å². The zero-order chi connectivity index (χ0) is 26.9. The second-order valence-corrected chi connectivity index (χ2v) is 7.45. The Balaban J connectivity index is 0. The minimum absolute atomic E-state index is 0.208. The Hall–Kier alpha value is -3.60. The second kappa shape index (κ2) is 23.6. The van der Waals surface area contributed by atoms with Gasteiger partial charge < -0.3 is 15.8 Å². The maximum absolute atomic E-state index is 9.45. The molecule has 0 saturated carbocycles. The topological polar surface area (TPSA) is 88.2 Å². The van der Waals surface area contributed by atoms with Gasteiger partial charge in [-0.05, 0) is 58.2 Å². The molecule has 4 N–H and O–H groups in total. The van der Waals surface area contributed by atoms with Crippen molar-refractivity contribution in [2.45, 2.75) is 60.8 Å². The SMILES string of the molecule is C/C=C\C.C=C(O/C=C/C)C(=N)c1cc(C)ccc1N.CCCNC=O.CCCc1ccccc1. The third-order valence-corrected chi connectivity index (χ3v) is 4.30. The number of benzene rings is 2. The molecule has 0 heterocycles. The number of nitrogens with one attached hydrogen (secondary N) is 2. The van der Waals surface area contributed by atoms with Gasteiger partial charge >= 0.3 is 0 Å². The molecule has 2 aromatic carbocycles. The largest absolute Gasteiger partial charge is 0.464 e. The summed E-state index contributed by atoms with van der Waals surface area (Å²) in [5.41, 5.74) is 9.71. The summed E-state index contributed by atoms with van der Waals surface area (Å²) in [7, 11) is 0. The summed E-state index contributed by atoms with van der Waals surface area (Å²) in [5.74, 6) is 0.287. The molecule has 0 atom stereocenters. The number of amides is 1. The van der Waals surface area contributed by atoms with Crippen molar-refractivity contribution < 1.29 is 9.53 Å². The first-order valence-corrected chi connectivity index (χ1v) is 12.0. The molecule has 5 nitrogen and oxygen atoms in total. The van der Waals surface area contributed by atoms with Crippen LogP contribution in [0.5, 0.6) is 0 Å². The van der Waals surface area contributed by atoms with Crippen molar-refractivity contribution in [3.8, 4) is 0 Å². The van der Waals surface area contributed by atoms with Gasteiger partial charge in [-0.2, -0.15) is 0 Å². The van der Waals surface area contributed by atoms with E-state index in [1.165, 1.54) is 24.7 Å². The Labute approximate surface area is 213 Å². The fourth-order valence-electron chi connectivity index (χ4n) is 2.38. The molecule has 35 heavy (non-hydrogen) atoms. The molecular weight excluding hydrogens is 434 g/mol. The van der Waals surface area contributed by atoms with E-state index in [4.69, 9.17) is 15.9 Å². The molecule has 0 radical (unpaired) electrons. The van der Waals surface area contributed by atoms with Gasteiger partial charge in [0.1, 0.15) is 11.5 Å². The summed E-state index contributed by atoms with van der Waals surface area (Å²) in [6.07, 6.45) is 11.4. The third kappa shape index (κ3) is 18.5. The van der Waals surface area contributed by atoms with Gasteiger partial charge in [0.25, 0.3) is 0 Å². The number of rotatable bonds is 9. The van der Waals surface area contributed by atoms with E-state index in [1.807, 2.05) is 58.9 Å². The molecule has 0 saturated heterocycles. The molecule has 0 aromatic heterocycles. The van der Waals surface area contributed by atoms with E-state index in [2.05, 4.69) is 49.2 Å². The fraction of sp³-hybridized carbons (Fsp3) is 0.333. The number of aryl methyl sites for hydroxylation is 2. The molecule has 1 amide bonds. The normalized spacial score (nSPS) is 9.54. The number of carbonyl (C=O) groups excluding carboxylic acids is 1. The minimum atomic E-state index is 0.208. The summed E-state index contributed by atoms with van der Waals surface area (Å²) in [5, 5.41) is 10.4. The maximum atomic E-state index is 9.45. The van der Waals surface area contributed by atoms with Crippen LogP contribution in [-0.4, -0.2) is 18.7 Å². The Morgan fingerprint density at radius 1 is 1.03 bits per heavy atom. The van der Waals surface area contributed by atoms with Crippen molar-refractivity contribution in [3.63, 3.8) is 0 Å². The summed E-state index contributed by atoms with van der Waals surface area (Å²) < 4.78 is 5.15. The van der Waals surface area contributed by atoms with Crippen LogP contribution in [-0.2, 0) is 16.0 Å². The van der Waals surface area contributed by atoms with Crippen LogP contribution in [0.2, 0.25) is 0 Å². The summed E-state index contributed by atoms with van der Waals surface area (Å²) in [6.45, 7) is 16.5. The highest BCUT2D eigenvalue weighted by molar-refractivity contribution is 6.12. The molecule has 2 rings (SSSR count). The first kappa shape index (κ1) is 33.6. The van der Waals surface area contributed by atoms with Gasteiger partial charge in [-0.1, -0.05) is 87.0 Å². The number of hydrogen-bond donors (Lipinski definition) is 3. The molecule has 192 valence electrons. The van der Waals surface area contributed by atoms with Gasteiger partial charge in [0.05, 0.1) is 6.26 Å². The van der Waals surface area contributed by atoms with E-state index in [-0.39, 0.29) is 11.5 Å². The molecule has 0 fully saturated rings. The number of hydrogen-bond acceptors (Lipinski definition) is 4. The molecule has 0 unspecified atom stereocenters. The van der Waals surface area contributed by atoms with E-state index < -0.39 is 0 Å². The van der Waals surface area contributed by atoms with E-state index in [0.717, 1.165) is 18.5 Å². The molecule has 0 aliphatic rings. The van der Waals surface area contributed by atoms with Crippen molar-refractivity contribution in [1.29, 1.82) is 5.41 Å². The Morgan fingerprint density at radius 3 is 2.11 bits per heavy atom. The Morgan fingerprint density at radius 2 is 1.66 bits per heavy atom. The van der Waals surface area contributed by atoms with Gasteiger partial charge in [0.2, 0.25) is 6.41 Å². The minimum Gasteiger partial charge on any atom is -0.464 e. The van der Waals surface area contributed by atoms with Gasteiger partial charge in [0.15, 0.2) is 0 Å². The molecule has 0 spiro atoms. The van der Waals surface area contributed by atoms with E-state index in [1.54, 1.807) is 12.1 Å². The summed E-state index contributed by atoms with van der Waals surface area (Å²) >= 11 is 0. The van der Waals surface area contributed by atoms with Gasteiger partial charge in [-0.25, -0.2) is 0 Å². The molecule has 0 aliphatic carbocycles. The van der Waals surface area contributed by atoms with Crippen molar-refractivity contribution >= 4 is 17.8 Å². The van der Waals surface area contributed by atoms with Gasteiger partial charge in [-0.15, -0.1) is 0 Å². The van der Waals surface area contributed by atoms with Gasteiger partial charge in [-0.3, -0.25) is 10.2 Å². The zero-order valence-electron chi connectivity index (χ0n) is 22.4. The fourth-order valence-corrected chi connectivity index (χ4v) is 2.38. The van der Waals surface area contributed by atoms with Gasteiger partial charge in [0, 0.05) is 17.8 Å². The van der Waals surface area contributed by atoms with Crippen LogP contribution in [0.15, 0.2) is 85.4 Å². The third-order valence-electron chi connectivity index (χ3n) is 4.30. The molecule has 2 aromatic rings. The summed E-state index contributed by atoms with van der Waals surface area (Å²) in [6, 6.07) is 16.1. The molecule has 5 heteroatoms. The van der Waals surface area contributed by atoms with Crippen LogP contribution >= 0.6 is 0 Å². The van der Waals surface area contributed by atoms with E-state index in [9.17, 15) is 4.79 Å². The average Bonchev–Trinajstić information content (AvgIpc) is 2.88. The van der Waals surface area contributed by atoms with Crippen molar-refractivity contribution in [2.75, 3.05) is 12.3 Å². The lowest BCUT2D eigenvalue weighted by atomic mass is 10.0. The number of nitrogens with two attached hydrogens (primary N) is 1. The predicted molar refractivity (Wildman–Crippen MR) is 153 cm³/mol. The van der Waals surface area contributed by atoms with Crippen LogP contribution in [0.4, 0.5) is 5.69 Å². The highest BCUT2D eigenvalue weighted by atomic mass is 16.5. The van der Waals surface area contributed by atoms with E-state index >= 15 is 0 Å². The number of carbonyl (C=O) groups is 1. The van der Waals surface area contributed by atoms with Crippen LogP contribution in [0.25, 0.3) is 0 Å². The zero-order valence-corrected chi connectivity index (χ0v) is 22.4. The lowest BCUT2D eigenvalue weighted by Gasteiger charge is -2.10. The lowest BCUT2D eigenvalue weighted by molar-refractivity contribution is -0.109. The average molecular weight is 480 g/mol. The number of anilines is 1. The highest BCUT2D eigenvalue weighted by Crippen LogP contribution is 2.17. The highest BCUT2D eigenvalue weighted by Gasteiger charge is 2.10. The monoisotopic (exact) mass is 479 g/mol. The van der Waals surface area contributed by atoms with Crippen LogP contribution < -0.4 is 11.1 Å². The van der Waals surface area contributed by atoms with Crippen LogP contribution in [0, 0.1) is 12.3 Å². The predicted octanol–water partition coefficient (Wildman–Crippen LogP) is 7.37. The number of allylic oxidation sites excluding steroid dienone is 4. The molecule has 0 bridgehead atoms. The lowest BCUT2D eigenvalue weighted by Crippen LogP contribution is -2.10. The van der Waals surface area contributed by atoms with Crippen molar-refractivity contribution in [1.82, 2.24) is 5.32 Å². The molecular formula is C30H45N3O2. The first-order valence-electron chi connectivity index (χ1n) is 12.0. The second-order valence-electron chi connectivity index (χ2n) is 7.45. The first-order chi connectivity index (χ1) is 16.8. The van der Waals surface area contributed by atoms with Crippen LogP contribution in [0.3, 0.4) is 0 Å². The van der Waals surface area contributed by atoms with E-state index in [0.29, 0.717) is 17.7 Å². The Kier molecular flexibility index (Phi) is 22.6.